The van der Waals surface area contributed by atoms with Gasteiger partial charge in [-0.2, -0.15) is 0 Å². The molecule has 0 saturated heterocycles. The van der Waals surface area contributed by atoms with Gasteiger partial charge in [0.25, 0.3) is 0 Å². The van der Waals surface area contributed by atoms with Crippen molar-refractivity contribution in [3.8, 4) is 0 Å². The summed E-state index contributed by atoms with van der Waals surface area (Å²) < 4.78 is 10.5. The smallest absolute Gasteiger partial charge is 0.210 e. The average molecular weight is 203 g/mol. The highest BCUT2D eigenvalue weighted by molar-refractivity contribution is 5.88. The van der Waals surface area contributed by atoms with Crippen LogP contribution in [0, 0.1) is 0 Å². The molecule has 4 heteroatoms. The highest BCUT2D eigenvalue weighted by Gasteiger charge is 2.33. The molecule has 0 rings (SSSR count). The number of methoxy groups -OCH3 is 2. The Hall–Kier alpha value is -0.610. The predicted molar refractivity (Wildman–Crippen MR) is 55.8 cm³/mol. The van der Waals surface area contributed by atoms with Crippen molar-refractivity contribution in [1.82, 2.24) is 0 Å². The Balaban J connectivity index is 4.38. The predicted octanol–water partition coefficient (Wildman–Crippen LogP) is 2.41. The molecule has 0 spiro atoms. The lowest BCUT2D eigenvalue weighted by Crippen LogP contribution is -2.41. The molecule has 0 aliphatic rings. The van der Waals surface area contributed by atoms with Gasteiger partial charge in [0.1, 0.15) is 5.71 Å². The normalized spacial score (nSPS) is 13.3. The van der Waals surface area contributed by atoms with Gasteiger partial charge in [-0.25, -0.2) is 0 Å². The van der Waals surface area contributed by atoms with Gasteiger partial charge in [-0.05, 0) is 13.3 Å². The number of oxime groups is 1. The molecule has 0 radical (unpaired) electrons. The van der Waals surface area contributed by atoms with Crippen LogP contribution in [0.2, 0.25) is 0 Å². The van der Waals surface area contributed by atoms with Crippen molar-refractivity contribution in [3.05, 3.63) is 0 Å². The number of hydrogen-bond acceptors (Lipinski definition) is 4. The summed E-state index contributed by atoms with van der Waals surface area (Å²) >= 11 is 0. The molecule has 0 amide bonds. The van der Waals surface area contributed by atoms with Crippen LogP contribution in [0.3, 0.4) is 0 Å². The summed E-state index contributed by atoms with van der Waals surface area (Å²) in [6.45, 7) is 3.83. The highest BCUT2D eigenvalue weighted by Crippen LogP contribution is 2.22. The van der Waals surface area contributed by atoms with Crippen LogP contribution in [0.15, 0.2) is 5.16 Å². The maximum Gasteiger partial charge on any atom is 0.210 e. The third-order valence-corrected chi connectivity index (χ3v) is 2.47. The lowest BCUT2D eigenvalue weighted by atomic mass is 10.0. The number of ether oxygens (including phenoxy) is 2. The molecule has 4 nitrogen and oxygen atoms in total. The molecule has 14 heavy (non-hydrogen) atoms. The van der Waals surface area contributed by atoms with Gasteiger partial charge in [-0.15, -0.1) is 0 Å². The molecule has 0 unspecified atom stereocenters. The minimum Gasteiger partial charge on any atom is -0.411 e. The van der Waals surface area contributed by atoms with Crippen molar-refractivity contribution in [1.29, 1.82) is 0 Å². The van der Waals surface area contributed by atoms with Gasteiger partial charge in [0, 0.05) is 20.6 Å². The standard InChI is InChI=1S/C10H21NO3/c1-5-6-7-8-10(13-3,14-4)9(2)11-12/h12H,5-8H2,1-4H3/b11-9-. The fourth-order valence-corrected chi connectivity index (χ4v) is 1.45. The lowest BCUT2D eigenvalue weighted by Gasteiger charge is -2.29. The molecule has 0 bridgehead atoms. The van der Waals surface area contributed by atoms with E-state index in [1.165, 1.54) is 0 Å². The van der Waals surface area contributed by atoms with Crippen LogP contribution in [0.4, 0.5) is 0 Å². The third-order valence-electron chi connectivity index (χ3n) is 2.47. The van der Waals surface area contributed by atoms with Crippen LogP contribution in [0.1, 0.15) is 39.5 Å². The fourth-order valence-electron chi connectivity index (χ4n) is 1.45. The largest absolute Gasteiger partial charge is 0.411 e. The topological polar surface area (TPSA) is 51.0 Å². The zero-order valence-corrected chi connectivity index (χ0v) is 9.54. The monoisotopic (exact) mass is 203 g/mol. The van der Waals surface area contributed by atoms with Gasteiger partial charge in [-0.1, -0.05) is 24.9 Å². The van der Waals surface area contributed by atoms with E-state index in [1.807, 2.05) is 0 Å². The van der Waals surface area contributed by atoms with Crippen molar-refractivity contribution >= 4 is 5.71 Å². The van der Waals surface area contributed by atoms with E-state index in [0.29, 0.717) is 12.1 Å². The molecule has 0 heterocycles. The molecule has 0 aliphatic heterocycles. The second kappa shape index (κ2) is 6.79. The molecule has 0 aromatic carbocycles. The first-order valence-corrected chi connectivity index (χ1v) is 4.96. The van der Waals surface area contributed by atoms with Crippen LogP contribution in [-0.4, -0.2) is 30.9 Å². The van der Waals surface area contributed by atoms with E-state index in [1.54, 1.807) is 21.1 Å². The van der Waals surface area contributed by atoms with E-state index in [0.717, 1.165) is 19.3 Å². The molecule has 1 N–H and O–H groups in total. The molecule has 0 fully saturated rings. The first-order valence-electron chi connectivity index (χ1n) is 4.96. The minimum absolute atomic E-state index is 0.457. The summed E-state index contributed by atoms with van der Waals surface area (Å²) in [6, 6.07) is 0. The Kier molecular flexibility index (Phi) is 6.49. The van der Waals surface area contributed by atoms with Gasteiger partial charge in [0.05, 0.1) is 0 Å². The van der Waals surface area contributed by atoms with E-state index < -0.39 is 5.79 Å². The Morgan fingerprint density at radius 3 is 2.21 bits per heavy atom. The summed E-state index contributed by atoms with van der Waals surface area (Å²) in [6.07, 6.45) is 3.96. The molecule has 0 atom stereocenters. The SMILES string of the molecule is CCCCCC(OC)(OC)/C(C)=N\O. The second-order valence-electron chi connectivity index (χ2n) is 3.30. The zero-order valence-electron chi connectivity index (χ0n) is 9.54. The third kappa shape index (κ3) is 3.27. The first-order chi connectivity index (χ1) is 6.66. The summed E-state index contributed by atoms with van der Waals surface area (Å²) in [4.78, 5) is 0. The van der Waals surface area contributed by atoms with Crippen LogP contribution in [0.5, 0.6) is 0 Å². The second-order valence-corrected chi connectivity index (χ2v) is 3.30. The summed E-state index contributed by atoms with van der Waals surface area (Å²) in [5, 5.41) is 11.9. The minimum atomic E-state index is -0.857. The van der Waals surface area contributed by atoms with Gasteiger partial charge in [0.15, 0.2) is 0 Å². The Morgan fingerprint density at radius 1 is 1.29 bits per heavy atom. The molecule has 84 valence electrons. The van der Waals surface area contributed by atoms with Crippen molar-refractivity contribution in [2.45, 2.75) is 45.3 Å². The van der Waals surface area contributed by atoms with Crippen molar-refractivity contribution in [3.63, 3.8) is 0 Å². The van der Waals surface area contributed by atoms with Gasteiger partial charge in [-0.3, -0.25) is 0 Å². The highest BCUT2D eigenvalue weighted by atomic mass is 16.7. The summed E-state index contributed by atoms with van der Waals surface area (Å²) in [7, 11) is 3.12. The number of hydrogen-bond donors (Lipinski definition) is 1. The molecule has 0 saturated carbocycles. The van der Waals surface area contributed by atoms with Crippen LogP contribution < -0.4 is 0 Å². The quantitative estimate of drug-likeness (QED) is 0.227. The van der Waals surface area contributed by atoms with Crippen LogP contribution >= 0.6 is 0 Å². The molecule has 0 aliphatic carbocycles. The molecular weight excluding hydrogens is 182 g/mol. The maximum absolute atomic E-state index is 8.72. The first kappa shape index (κ1) is 13.4. The number of unbranched alkanes of at least 4 members (excludes halogenated alkanes) is 2. The van der Waals surface area contributed by atoms with E-state index >= 15 is 0 Å². The Morgan fingerprint density at radius 2 is 1.86 bits per heavy atom. The fraction of sp³-hybridized carbons (Fsp3) is 0.900. The van der Waals surface area contributed by atoms with Crippen molar-refractivity contribution in [2.75, 3.05) is 14.2 Å². The van der Waals surface area contributed by atoms with Crippen molar-refractivity contribution < 1.29 is 14.7 Å². The molecule has 0 aromatic rings. The van der Waals surface area contributed by atoms with E-state index in [4.69, 9.17) is 14.7 Å². The van der Waals surface area contributed by atoms with E-state index in [2.05, 4.69) is 12.1 Å². The molecule has 0 aromatic heterocycles. The van der Waals surface area contributed by atoms with E-state index in [-0.39, 0.29) is 0 Å². The Bertz CT molecular complexity index is 176. The van der Waals surface area contributed by atoms with Crippen molar-refractivity contribution in [2.24, 2.45) is 5.16 Å². The van der Waals surface area contributed by atoms with Gasteiger partial charge < -0.3 is 14.7 Å². The average Bonchev–Trinajstić information content (AvgIpc) is 2.24. The number of nitrogens with zero attached hydrogens (tertiary/aromatic N) is 1. The van der Waals surface area contributed by atoms with Crippen LogP contribution in [0.25, 0.3) is 0 Å². The number of rotatable bonds is 7. The van der Waals surface area contributed by atoms with E-state index in [9.17, 15) is 0 Å². The summed E-state index contributed by atoms with van der Waals surface area (Å²) in [5.74, 6) is -0.857. The molecular formula is C10H21NO3. The van der Waals surface area contributed by atoms with Gasteiger partial charge in [0.2, 0.25) is 5.79 Å². The Labute approximate surface area is 85.9 Å². The van der Waals surface area contributed by atoms with Gasteiger partial charge >= 0.3 is 0 Å². The summed E-state index contributed by atoms with van der Waals surface area (Å²) in [5.41, 5.74) is 0.457. The van der Waals surface area contributed by atoms with Crippen LogP contribution in [-0.2, 0) is 9.47 Å². The lowest BCUT2D eigenvalue weighted by molar-refractivity contribution is -0.160. The zero-order chi connectivity index (χ0) is 11.0. The maximum atomic E-state index is 8.72.